The summed E-state index contributed by atoms with van der Waals surface area (Å²) < 4.78 is 42.8. The second-order valence-corrected chi connectivity index (χ2v) is 6.60. The topological polar surface area (TPSA) is 61.4 Å². The Balaban J connectivity index is 2.04. The summed E-state index contributed by atoms with van der Waals surface area (Å²) in [5, 5.41) is 4.13. The van der Waals surface area contributed by atoms with E-state index in [-0.39, 0.29) is 21.8 Å². The van der Waals surface area contributed by atoms with Gasteiger partial charge in [0.15, 0.2) is 5.54 Å². The zero-order chi connectivity index (χ0) is 19.8. The first-order chi connectivity index (χ1) is 12.7. The predicted octanol–water partition coefficient (Wildman–Crippen LogP) is 4.21. The zero-order valence-corrected chi connectivity index (χ0v) is 15.0. The maximum Gasteiger partial charge on any atom is 0.417 e. The molecule has 0 spiro atoms. The lowest BCUT2D eigenvalue weighted by Crippen LogP contribution is -2.65. The molecule has 3 amide bonds. The summed E-state index contributed by atoms with van der Waals surface area (Å²) in [4.78, 5) is 24.3. The maximum atomic E-state index is 14.1. The van der Waals surface area contributed by atoms with E-state index in [2.05, 4.69) is 5.32 Å². The number of carbonyl (C=O) groups is 2. The molecule has 0 aromatic heterocycles. The maximum absolute atomic E-state index is 14.1. The van der Waals surface area contributed by atoms with Crippen molar-refractivity contribution in [2.75, 3.05) is 11.0 Å². The summed E-state index contributed by atoms with van der Waals surface area (Å²) in [5.41, 5.74) is -3.25. The molecule has 1 heterocycles. The highest BCUT2D eigenvalue weighted by molar-refractivity contribution is 6.37. The van der Waals surface area contributed by atoms with Crippen molar-refractivity contribution in [3.63, 3.8) is 0 Å². The molecule has 2 aromatic carbocycles. The Morgan fingerprint density at radius 1 is 1.19 bits per heavy atom. The first-order valence-corrected chi connectivity index (χ1v) is 8.35. The Morgan fingerprint density at radius 3 is 2.48 bits per heavy atom. The molecule has 2 N–H and O–H groups in total. The van der Waals surface area contributed by atoms with Crippen molar-refractivity contribution < 1.29 is 22.8 Å². The van der Waals surface area contributed by atoms with Gasteiger partial charge in [0, 0.05) is 27.9 Å². The Kier molecular flexibility index (Phi) is 4.96. The van der Waals surface area contributed by atoms with Crippen molar-refractivity contribution in [2.24, 2.45) is 0 Å². The number of nitrogens with one attached hydrogen (secondary N) is 2. The Morgan fingerprint density at radius 2 is 1.85 bits per heavy atom. The van der Waals surface area contributed by atoms with Crippen LogP contribution < -0.4 is 15.1 Å². The van der Waals surface area contributed by atoms with Crippen LogP contribution in [0, 0.1) is 0 Å². The van der Waals surface area contributed by atoms with E-state index in [1.165, 1.54) is 24.3 Å². The average Bonchev–Trinajstić information content (AvgIpc) is 2.63. The zero-order valence-electron chi connectivity index (χ0n) is 13.5. The van der Waals surface area contributed by atoms with Crippen LogP contribution in [0.5, 0.6) is 0 Å². The first-order valence-electron chi connectivity index (χ1n) is 7.64. The third-order valence-corrected chi connectivity index (χ3v) is 4.73. The molecule has 2 aromatic rings. The van der Waals surface area contributed by atoms with Crippen LogP contribution >= 0.6 is 23.4 Å². The molecule has 0 saturated carbocycles. The molecule has 10 heteroatoms. The van der Waals surface area contributed by atoms with Crippen molar-refractivity contribution in [1.29, 1.82) is 0 Å². The number of hydrogen-bond acceptors (Lipinski definition) is 2. The smallest absolute Gasteiger partial charge is 0.349 e. The predicted molar refractivity (Wildman–Crippen MR) is 94.8 cm³/mol. The van der Waals surface area contributed by atoms with Crippen molar-refractivity contribution in [2.45, 2.75) is 11.7 Å². The number of rotatable bonds is 3. The molecule has 0 fully saturated rings. The third kappa shape index (κ3) is 3.42. The van der Waals surface area contributed by atoms with Gasteiger partial charge in [-0.1, -0.05) is 29.8 Å². The minimum atomic E-state index is -4.94. The fourth-order valence-corrected chi connectivity index (χ4v) is 3.16. The Hall–Kier alpha value is -2.45. The molecule has 0 radical (unpaired) electrons. The summed E-state index contributed by atoms with van der Waals surface area (Å²) in [6.45, 7) is -0.936. The molecule has 3 rings (SSSR count). The number of urea groups is 1. The quantitative estimate of drug-likeness (QED) is 0.734. The summed E-state index contributed by atoms with van der Waals surface area (Å²) >= 11 is 11.7. The van der Waals surface area contributed by atoms with Crippen molar-refractivity contribution in [3.05, 3.63) is 64.7 Å². The summed E-state index contributed by atoms with van der Waals surface area (Å²) in [5.74, 6) is -0.717. The molecule has 5 nitrogen and oxygen atoms in total. The molecule has 1 unspecified atom stereocenters. The SMILES string of the molecule is O=C(NCC1(C(F)(F)F)NC(=O)N(Cl)c2ccc(Cl)cc21)c1ccccc1. The first kappa shape index (κ1) is 19.3. The highest BCUT2D eigenvalue weighted by Gasteiger charge is 2.61. The number of amides is 3. The summed E-state index contributed by atoms with van der Waals surface area (Å²) in [6.07, 6.45) is -4.94. The van der Waals surface area contributed by atoms with E-state index in [0.717, 1.165) is 6.07 Å². The van der Waals surface area contributed by atoms with Crippen LogP contribution in [0.3, 0.4) is 0 Å². The molecule has 0 aliphatic carbocycles. The van der Waals surface area contributed by atoms with Gasteiger partial charge < -0.3 is 10.6 Å². The number of carbonyl (C=O) groups excluding carboxylic acids is 2. The number of hydrogen-bond donors (Lipinski definition) is 2. The van der Waals surface area contributed by atoms with Gasteiger partial charge in [-0.15, -0.1) is 0 Å². The van der Waals surface area contributed by atoms with E-state index in [4.69, 9.17) is 23.4 Å². The van der Waals surface area contributed by atoms with Crippen LogP contribution in [-0.2, 0) is 5.54 Å². The number of nitrogens with zero attached hydrogens (tertiary/aromatic N) is 1. The van der Waals surface area contributed by atoms with Crippen LogP contribution in [-0.4, -0.2) is 24.7 Å². The fraction of sp³-hybridized carbons (Fsp3) is 0.176. The van der Waals surface area contributed by atoms with E-state index in [0.29, 0.717) is 4.42 Å². The van der Waals surface area contributed by atoms with Crippen molar-refractivity contribution >= 4 is 41.0 Å². The van der Waals surface area contributed by atoms with Gasteiger partial charge in [-0.3, -0.25) is 4.79 Å². The molecule has 142 valence electrons. The second kappa shape index (κ2) is 6.94. The number of halogens is 5. The van der Waals surface area contributed by atoms with Gasteiger partial charge >= 0.3 is 12.2 Å². The molecular formula is C17H12Cl2F3N3O2. The monoisotopic (exact) mass is 417 g/mol. The van der Waals surface area contributed by atoms with Crippen molar-refractivity contribution in [3.8, 4) is 0 Å². The standard InChI is InChI=1S/C17H12Cl2F3N3O2/c18-11-6-7-13-12(8-11)16(17(20,21)22,24-15(27)25(13)19)9-23-14(26)10-4-2-1-3-5-10/h1-8H,9H2,(H,23,26)(H,24,27). The van der Waals surface area contributed by atoms with Gasteiger partial charge in [-0.05, 0) is 30.3 Å². The highest BCUT2D eigenvalue weighted by Crippen LogP contribution is 2.46. The van der Waals surface area contributed by atoms with Crippen LogP contribution in [0.1, 0.15) is 15.9 Å². The lowest BCUT2D eigenvalue weighted by atomic mass is 9.85. The van der Waals surface area contributed by atoms with Gasteiger partial charge in [0.05, 0.1) is 12.2 Å². The molecule has 27 heavy (non-hydrogen) atoms. The van der Waals surface area contributed by atoms with Crippen LogP contribution in [0.2, 0.25) is 5.02 Å². The number of fused-ring (bicyclic) bond motifs is 1. The van der Waals surface area contributed by atoms with Crippen LogP contribution in [0.15, 0.2) is 48.5 Å². The van der Waals surface area contributed by atoms with E-state index in [9.17, 15) is 22.8 Å². The Bertz CT molecular complexity index is 893. The van der Waals surface area contributed by atoms with E-state index in [1.807, 2.05) is 5.32 Å². The van der Waals surface area contributed by atoms with Crippen LogP contribution in [0.4, 0.5) is 23.7 Å². The second-order valence-electron chi connectivity index (χ2n) is 5.82. The van der Waals surface area contributed by atoms with Gasteiger partial charge in [0.25, 0.3) is 5.91 Å². The van der Waals surface area contributed by atoms with E-state index >= 15 is 0 Å². The van der Waals surface area contributed by atoms with Gasteiger partial charge in [0.2, 0.25) is 0 Å². The number of benzene rings is 2. The van der Waals surface area contributed by atoms with Gasteiger partial charge in [-0.2, -0.15) is 13.2 Å². The lowest BCUT2D eigenvalue weighted by Gasteiger charge is -2.42. The van der Waals surface area contributed by atoms with Gasteiger partial charge in [-0.25, -0.2) is 9.21 Å². The lowest BCUT2D eigenvalue weighted by molar-refractivity contribution is -0.195. The third-order valence-electron chi connectivity index (χ3n) is 4.16. The summed E-state index contributed by atoms with van der Waals surface area (Å²) in [6, 6.07) is 10.2. The van der Waals surface area contributed by atoms with E-state index in [1.54, 1.807) is 18.2 Å². The largest absolute Gasteiger partial charge is 0.417 e. The van der Waals surface area contributed by atoms with Crippen molar-refractivity contribution in [1.82, 2.24) is 10.6 Å². The Labute approximate surface area is 162 Å². The fourth-order valence-electron chi connectivity index (χ4n) is 2.80. The normalized spacial score (nSPS) is 19.3. The average molecular weight is 418 g/mol. The van der Waals surface area contributed by atoms with Crippen LogP contribution in [0.25, 0.3) is 0 Å². The minimum absolute atomic E-state index is 0.0259. The highest BCUT2D eigenvalue weighted by atomic mass is 35.5. The molecular weight excluding hydrogens is 406 g/mol. The van der Waals surface area contributed by atoms with Gasteiger partial charge in [0.1, 0.15) is 0 Å². The summed E-state index contributed by atoms with van der Waals surface area (Å²) in [7, 11) is 0. The minimum Gasteiger partial charge on any atom is -0.349 e. The number of alkyl halides is 3. The van der Waals surface area contributed by atoms with E-state index < -0.39 is 30.2 Å². The molecule has 1 atom stereocenters. The molecule has 1 aliphatic rings. The number of anilines is 1. The molecule has 0 saturated heterocycles. The molecule has 1 aliphatic heterocycles. The molecule has 0 bridgehead atoms.